The van der Waals surface area contributed by atoms with Crippen LogP contribution in [0.1, 0.15) is 23.2 Å². The first-order valence-corrected chi connectivity index (χ1v) is 8.89. The van der Waals surface area contributed by atoms with Gasteiger partial charge in [0.15, 0.2) is 0 Å². The van der Waals surface area contributed by atoms with Crippen molar-refractivity contribution in [2.75, 3.05) is 31.6 Å². The summed E-state index contributed by atoms with van der Waals surface area (Å²) in [6, 6.07) is 17.0. The van der Waals surface area contributed by atoms with Crippen LogP contribution in [0.15, 0.2) is 54.6 Å². The molecule has 134 valence electrons. The van der Waals surface area contributed by atoms with Gasteiger partial charge in [0.05, 0.1) is 7.11 Å². The lowest BCUT2D eigenvalue weighted by Gasteiger charge is -2.24. The molecule has 1 spiro atoms. The summed E-state index contributed by atoms with van der Waals surface area (Å²) in [5.41, 5.74) is 1.43. The van der Waals surface area contributed by atoms with E-state index >= 15 is 0 Å². The fraction of sp³-hybridized carbons (Fsp3) is 0.333. The molecule has 2 heterocycles. The molecule has 2 amide bonds. The van der Waals surface area contributed by atoms with Gasteiger partial charge in [-0.2, -0.15) is 0 Å². The molecular weight excluding hydrogens is 328 g/mol. The van der Waals surface area contributed by atoms with E-state index in [1.807, 2.05) is 58.3 Å². The molecular formula is C21H22N2O3. The van der Waals surface area contributed by atoms with Crippen molar-refractivity contribution in [3.63, 3.8) is 0 Å². The third-order valence-electron chi connectivity index (χ3n) is 5.43. The van der Waals surface area contributed by atoms with Gasteiger partial charge in [0, 0.05) is 42.7 Å². The molecule has 26 heavy (non-hydrogen) atoms. The zero-order valence-corrected chi connectivity index (χ0v) is 14.9. The summed E-state index contributed by atoms with van der Waals surface area (Å²) in [6.45, 7) is 1.99. The van der Waals surface area contributed by atoms with Crippen LogP contribution >= 0.6 is 0 Å². The van der Waals surface area contributed by atoms with Crippen molar-refractivity contribution in [2.45, 2.75) is 12.8 Å². The van der Waals surface area contributed by atoms with Crippen LogP contribution in [0, 0.1) is 5.41 Å². The first-order valence-electron chi connectivity index (χ1n) is 8.89. The molecule has 0 aromatic heterocycles. The van der Waals surface area contributed by atoms with Crippen molar-refractivity contribution >= 4 is 17.5 Å². The average molecular weight is 350 g/mol. The predicted molar refractivity (Wildman–Crippen MR) is 99.4 cm³/mol. The molecule has 0 bridgehead atoms. The molecule has 2 aromatic carbocycles. The Balaban J connectivity index is 1.50. The quantitative estimate of drug-likeness (QED) is 0.855. The molecule has 4 rings (SSSR count). The maximum Gasteiger partial charge on any atom is 0.254 e. The Morgan fingerprint density at radius 2 is 1.88 bits per heavy atom. The number of hydrogen-bond acceptors (Lipinski definition) is 3. The van der Waals surface area contributed by atoms with Crippen LogP contribution in [-0.4, -0.2) is 43.5 Å². The summed E-state index contributed by atoms with van der Waals surface area (Å²) < 4.78 is 5.22. The molecule has 2 aliphatic heterocycles. The Hall–Kier alpha value is -2.82. The Labute approximate surface area is 153 Å². The van der Waals surface area contributed by atoms with Crippen LogP contribution in [0.3, 0.4) is 0 Å². The van der Waals surface area contributed by atoms with Gasteiger partial charge in [-0.3, -0.25) is 9.59 Å². The fourth-order valence-electron chi connectivity index (χ4n) is 4.06. The van der Waals surface area contributed by atoms with Gasteiger partial charge < -0.3 is 14.5 Å². The number of para-hydroxylation sites is 1. The van der Waals surface area contributed by atoms with Crippen LogP contribution < -0.4 is 9.64 Å². The van der Waals surface area contributed by atoms with Crippen molar-refractivity contribution in [1.82, 2.24) is 4.90 Å². The first-order chi connectivity index (χ1) is 12.6. The third kappa shape index (κ3) is 2.94. The number of rotatable bonds is 3. The van der Waals surface area contributed by atoms with Crippen molar-refractivity contribution in [3.05, 3.63) is 60.2 Å². The Kier molecular flexibility index (Phi) is 4.15. The highest BCUT2D eigenvalue weighted by molar-refractivity contribution is 5.97. The number of carbonyl (C=O) groups is 2. The number of nitrogens with zero attached hydrogens (tertiary/aromatic N) is 2. The predicted octanol–water partition coefficient (Wildman–Crippen LogP) is 2.96. The summed E-state index contributed by atoms with van der Waals surface area (Å²) in [5.74, 6) is 0.828. The monoisotopic (exact) mass is 350 g/mol. The molecule has 0 N–H and O–H groups in total. The lowest BCUT2D eigenvalue weighted by atomic mass is 9.86. The third-order valence-corrected chi connectivity index (χ3v) is 5.43. The summed E-state index contributed by atoms with van der Waals surface area (Å²) in [5, 5.41) is 0. The van der Waals surface area contributed by atoms with Gasteiger partial charge in [-0.05, 0) is 36.8 Å². The van der Waals surface area contributed by atoms with E-state index in [4.69, 9.17) is 4.74 Å². The molecule has 0 unspecified atom stereocenters. The van der Waals surface area contributed by atoms with Crippen molar-refractivity contribution in [1.29, 1.82) is 0 Å². The van der Waals surface area contributed by atoms with Gasteiger partial charge in [0.25, 0.3) is 5.91 Å². The number of likely N-dealkylation sites (tertiary alicyclic amines) is 1. The number of benzene rings is 2. The topological polar surface area (TPSA) is 49.9 Å². The van der Waals surface area contributed by atoms with Crippen molar-refractivity contribution in [3.8, 4) is 5.75 Å². The minimum absolute atomic E-state index is 0.00591. The molecule has 0 radical (unpaired) electrons. The lowest BCUT2D eigenvalue weighted by molar-refractivity contribution is -0.117. The highest BCUT2D eigenvalue weighted by Gasteiger charge is 2.48. The number of methoxy groups -OCH3 is 1. The Morgan fingerprint density at radius 3 is 2.65 bits per heavy atom. The normalized spacial score (nSPS) is 22.3. The minimum Gasteiger partial charge on any atom is -0.497 e. The zero-order valence-electron chi connectivity index (χ0n) is 14.9. The van der Waals surface area contributed by atoms with E-state index in [1.54, 1.807) is 13.2 Å². The largest absolute Gasteiger partial charge is 0.497 e. The molecule has 1 atom stereocenters. The molecule has 2 fully saturated rings. The summed E-state index contributed by atoms with van der Waals surface area (Å²) in [7, 11) is 1.59. The van der Waals surface area contributed by atoms with Gasteiger partial charge >= 0.3 is 0 Å². The molecule has 0 aliphatic carbocycles. The zero-order chi connectivity index (χ0) is 18.1. The van der Waals surface area contributed by atoms with Gasteiger partial charge in [0.1, 0.15) is 5.75 Å². The number of amides is 2. The van der Waals surface area contributed by atoms with Crippen LogP contribution in [-0.2, 0) is 4.79 Å². The lowest BCUT2D eigenvalue weighted by Crippen LogP contribution is -2.34. The van der Waals surface area contributed by atoms with E-state index in [0.29, 0.717) is 37.4 Å². The second-order valence-electron chi connectivity index (χ2n) is 7.20. The number of hydrogen-bond donors (Lipinski definition) is 0. The van der Waals surface area contributed by atoms with Gasteiger partial charge in [-0.25, -0.2) is 0 Å². The van der Waals surface area contributed by atoms with Crippen LogP contribution in [0.25, 0.3) is 0 Å². The van der Waals surface area contributed by atoms with Gasteiger partial charge in [-0.15, -0.1) is 0 Å². The second-order valence-corrected chi connectivity index (χ2v) is 7.20. The Morgan fingerprint density at radius 1 is 1.08 bits per heavy atom. The summed E-state index contributed by atoms with van der Waals surface area (Å²) in [4.78, 5) is 29.2. The van der Waals surface area contributed by atoms with E-state index in [9.17, 15) is 9.59 Å². The average Bonchev–Trinajstić information content (AvgIpc) is 3.24. The maximum atomic E-state index is 12.9. The number of carbonyl (C=O) groups excluding carboxylic acids is 2. The molecule has 2 aromatic rings. The smallest absolute Gasteiger partial charge is 0.254 e. The highest BCUT2D eigenvalue weighted by atomic mass is 16.5. The molecule has 0 saturated carbocycles. The first kappa shape index (κ1) is 16.6. The van der Waals surface area contributed by atoms with E-state index in [-0.39, 0.29) is 17.2 Å². The SMILES string of the molecule is COc1cccc(C(=O)N2CC[C@]3(CC(=O)N(c4ccccc4)C3)C2)c1. The highest BCUT2D eigenvalue weighted by Crippen LogP contribution is 2.42. The number of ether oxygens (including phenoxy) is 1. The summed E-state index contributed by atoms with van der Waals surface area (Å²) in [6.07, 6.45) is 1.36. The van der Waals surface area contributed by atoms with Crippen molar-refractivity contribution < 1.29 is 14.3 Å². The van der Waals surface area contributed by atoms with Gasteiger partial charge in [-0.1, -0.05) is 24.3 Å². The van der Waals surface area contributed by atoms with Crippen molar-refractivity contribution in [2.24, 2.45) is 5.41 Å². The molecule has 2 saturated heterocycles. The van der Waals surface area contributed by atoms with Crippen LogP contribution in [0.2, 0.25) is 0 Å². The van der Waals surface area contributed by atoms with Crippen LogP contribution in [0.4, 0.5) is 5.69 Å². The van der Waals surface area contributed by atoms with E-state index in [1.165, 1.54) is 0 Å². The minimum atomic E-state index is -0.137. The molecule has 5 heteroatoms. The van der Waals surface area contributed by atoms with E-state index < -0.39 is 0 Å². The maximum absolute atomic E-state index is 12.9. The second kappa shape index (κ2) is 6.48. The summed E-state index contributed by atoms with van der Waals surface area (Å²) >= 11 is 0. The fourth-order valence-corrected chi connectivity index (χ4v) is 4.06. The molecule has 5 nitrogen and oxygen atoms in total. The van der Waals surface area contributed by atoms with Crippen LogP contribution in [0.5, 0.6) is 5.75 Å². The Bertz CT molecular complexity index is 836. The molecule has 2 aliphatic rings. The number of anilines is 1. The van der Waals surface area contributed by atoms with E-state index in [2.05, 4.69) is 0 Å². The standard InChI is InChI=1S/C21H22N2O3/c1-26-18-9-5-6-16(12-18)20(25)22-11-10-21(14-22)13-19(24)23(15-21)17-7-3-2-4-8-17/h2-9,12H,10-11,13-15H2,1H3/t21-/m0/s1. The van der Waals surface area contributed by atoms with Gasteiger partial charge in [0.2, 0.25) is 5.91 Å². The van der Waals surface area contributed by atoms with E-state index in [0.717, 1.165) is 12.1 Å².